The van der Waals surface area contributed by atoms with Crippen molar-refractivity contribution in [3.63, 3.8) is 0 Å². The zero-order valence-corrected chi connectivity index (χ0v) is 11.1. The summed E-state index contributed by atoms with van der Waals surface area (Å²) in [7, 11) is 0. The second kappa shape index (κ2) is 5.24. The minimum absolute atomic E-state index is 0.108. The molecule has 1 aliphatic rings. The first-order valence-corrected chi connectivity index (χ1v) is 6.60. The van der Waals surface area contributed by atoms with Gasteiger partial charge in [-0.3, -0.25) is 4.98 Å². The third-order valence-corrected chi connectivity index (χ3v) is 3.48. The van der Waals surface area contributed by atoms with Gasteiger partial charge in [-0.05, 0) is 45.6 Å². The highest BCUT2D eigenvalue weighted by Crippen LogP contribution is 2.37. The lowest BCUT2D eigenvalue weighted by atomic mass is 9.78. The van der Waals surface area contributed by atoms with Crippen molar-refractivity contribution in [2.75, 3.05) is 0 Å². The molecule has 100 valence electrons. The fourth-order valence-corrected chi connectivity index (χ4v) is 2.42. The second-order valence-corrected chi connectivity index (χ2v) is 5.44. The lowest BCUT2D eigenvalue weighted by Crippen LogP contribution is -2.36. The first-order valence-electron chi connectivity index (χ1n) is 6.60. The second-order valence-electron chi connectivity index (χ2n) is 5.44. The SMILES string of the molecule is CC(C)Oc1cncc(C2(O)CCC(N)CC2)c1. The quantitative estimate of drug-likeness (QED) is 0.860. The molecule has 1 aliphatic carbocycles. The van der Waals surface area contributed by atoms with Crippen molar-refractivity contribution >= 4 is 0 Å². The maximum absolute atomic E-state index is 10.7. The Hall–Kier alpha value is -1.13. The van der Waals surface area contributed by atoms with Gasteiger partial charge in [0.1, 0.15) is 5.75 Å². The topological polar surface area (TPSA) is 68.4 Å². The van der Waals surface area contributed by atoms with Crippen molar-refractivity contribution in [2.24, 2.45) is 5.73 Å². The average molecular weight is 250 g/mol. The minimum atomic E-state index is -0.792. The van der Waals surface area contributed by atoms with Gasteiger partial charge in [-0.15, -0.1) is 0 Å². The van der Waals surface area contributed by atoms with E-state index in [2.05, 4.69) is 4.98 Å². The van der Waals surface area contributed by atoms with E-state index in [4.69, 9.17) is 10.5 Å². The molecule has 1 saturated carbocycles. The molecular weight excluding hydrogens is 228 g/mol. The van der Waals surface area contributed by atoms with Gasteiger partial charge >= 0.3 is 0 Å². The molecule has 0 aromatic carbocycles. The maximum atomic E-state index is 10.7. The van der Waals surface area contributed by atoms with Crippen LogP contribution in [-0.2, 0) is 5.60 Å². The van der Waals surface area contributed by atoms with E-state index in [9.17, 15) is 5.11 Å². The van der Waals surface area contributed by atoms with Gasteiger partial charge in [-0.2, -0.15) is 0 Å². The van der Waals surface area contributed by atoms with E-state index >= 15 is 0 Å². The third kappa shape index (κ3) is 3.00. The van der Waals surface area contributed by atoms with Crippen LogP contribution in [0, 0.1) is 0 Å². The van der Waals surface area contributed by atoms with Gasteiger partial charge in [-0.1, -0.05) is 0 Å². The maximum Gasteiger partial charge on any atom is 0.138 e. The summed E-state index contributed by atoms with van der Waals surface area (Å²) in [6, 6.07) is 2.11. The monoisotopic (exact) mass is 250 g/mol. The number of rotatable bonds is 3. The zero-order valence-electron chi connectivity index (χ0n) is 11.1. The number of ether oxygens (including phenoxy) is 1. The molecule has 1 aromatic rings. The Labute approximate surface area is 108 Å². The molecule has 0 amide bonds. The number of nitrogens with two attached hydrogens (primary N) is 1. The fourth-order valence-electron chi connectivity index (χ4n) is 2.42. The van der Waals surface area contributed by atoms with Gasteiger partial charge in [-0.25, -0.2) is 0 Å². The van der Waals surface area contributed by atoms with Gasteiger partial charge in [0.25, 0.3) is 0 Å². The summed E-state index contributed by atoms with van der Waals surface area (Å²) in [5.74, 6) is 0.714. The van der Waals surface area contributed by atoms with Crippen molar-refractivity contribution in [3.05, 3.63) is 24.0 Å². The molecule has 1 heterocycles. The van der Waals surface area contributed by atoms with E-state index < -0.39 is 5.60 Å². The summed E-state index contributed by atoms with van der Waals surface area (Å²) in [5, 5.41) is 10.7. The number of aliphatic hydroxyl groups is 1. The molecule has 0 radical (unpaired) electrons. The van der Waals surface area contributed by atoms with Crippen LogP contribution in [0.5, 0.6) is 5.75 Å². The van der Waals surface area contributed by atoms with Gasteiger partial charge < -0.3 is 15.6 Å². The molecule has 0 saturated heterocycles. The lowest BCUT2D eigenvalue weighted by molar-refractivity contribution is -0.00553. The van der Waals surface area contributed by atoms with Crippen LogP contribution in [0.25, 0.3) is 0 Å². The van der Waals surface area contributed by atoms with Crippen LogP contribution in [-0.4, -0.2) is 22.2 Å². The highest BCUT2D eigenvalue weighted by Gasteiger charge is 2.34. The molecule has 0 unspecified atom stereocenters. The Kier molecular flexibility index (Phi) is 3.88. The van der Waals surface area contributed by atoms with Crippen LogP contribution in [0.3, 0.4) is 0 Å². The van der Waals surface area contributed by atoms with E-state index in [-0.39, 0.29) is 12.1 Å². The molecule has 0 bridgehead atoms. The molecule has 0 atom stereocenters. The Morgan fingerprint density at radius 3 is 2.67 bits per heavy atom. The standard InChI is InChI=1S/C14H22N2O2/c1-10(2)18-13-7-11(8-16-9-13)14(17)5-3-12(15)4-6-14/h7-10,12,17H,3-6,15H2,1-2H3. The summed E-state index contributed by atoms with van der Waals surface area (Å²) in [6.07, 6.45) is 6.61. The summed E-state index contributed by atoms with van der Waals surface area (Å²) < 4.78 is 5.61. The van der Waals surface area contributed by atoms with Gasteiger partial charge in [0, 0.05) is 17.8 Å². The van der Waals surface area contributed by atoms with E-state index in [0.717, 1.165) is 18.4 Å². The number of aromatic nitrogens is 1. The van der Waals surface area contributed by atoms with Crippen molar-refractivity contribution in [1.82, 2.24) is 4.98 Å². The Balaban J connectivity index is 2.17. The molecule has 1 aromatic heterocycles. The molecule has 0 spiro atoms. The number of hydrogen-bond acceptors (Lipinski definition) is 4. The van der Waals surface area contributed by atoms with E-state index in [1.165, 1.54) is 0 Å². The summed E-state index contributed by atoms with van der Waals surface area (Å²) >= 11 is 0. The summed E-state index contributed by atoms with van der Waals surface area (Å²) in [4.78, 5) is 4.16. The van der Waals surface area contributed by atoms with Crippen LogP contribution in [0.15, 0.2) is 18.5 Å². The first kappa shape index (κ1) is 13.3. The van der Waals surface area contributed by atoms with Crippen LogP contribution < -0.4 is 10.5 Å². The predicted molar refractivity (Wildman–Crippen MR) is 70.3 cm³/mol. The average Bonchev–Trinajstić information content (AvgIpc) is 2.33. The summed E-state index contributed by atoms with van der Waals surface area (Å²) in [5.41, 5.74) is 5.93. The molecule has 18 heavy (non-hydrogen) atoms. The largest absolute Gasteiger partial charge is 0.489 e. The van der Waals surface area contributed by atoms with Gasteiger partial charge in [0.05, 0.1) is 17.9 Å². The fraction of sp³-hybridized carbons (Fsp3) is 0.643. The molecule has 1 fully saturated rings. The number of hydrogen-bond donors (Lipinski definition) is 2. The lowest BCUT2D eigenvalue weighted by Gasteiger charge is -2.35. The van der Waals surface area contributed by atoms with Crippen LogP contribution in [0.4, 0.5) is 0 Å². The van der Waals surface area contributed by atoms with Gasteiger partial charge in [0.15, 0.2) is 0 Å². The highest BCUT2D eigenvalue weighted by atomic mass is 16.5. The highest BCUT2D eigenvalue weighted by molar-refractivity contribution is 5.28. The Morgan fingerprint density at radius 1 is 1.39 bits per heavy atom. The molecular formula is C14H22N2O2. The molecule has 0 aliphatic heterocycles. The van der Waals surface area contributed by atoms with Crippen molar-refractivity contribution < 1.29 is 9.84 Å². The third-order valence-electron chi connectivity index (χ3n) is 3.48. The minimum Gasteiger partial charge on any atom is -0.489 e. The van der Waals surface area contributed by atoms with E-state index in [1.54, 1.807) is 12.4 Å². The van der Waals surface area contributed by atoms with Crippen LogP contribution in [0.2, 0.25) is 0 Å². The van der Waals surface area contributed by atoms with Crippen LogP contribution in [0.1, 0.15) is 45.1 Å². The predicted octanol–water partition coefficient (Wildman–Crippen LogP) is 1.96. The van der Waals surface area contributed by atoms with E-state index in [1.807, 2.05) is 19.9 Å². The zero-order chi connectivity index (χ0) is 13.2. The van der Waals surface area contributed by atoms with Gasteiger partial charge in [0.2, 0.25) is 0 Å². The number of pyridine rings is 1. The van der Waals surface area contributed by atoms with Crippen molar-refractivity contribution in [1.29, 1.82) is 0 Å². The number of nitrogens with zero attached hydrogens (tertiary/aromatic N) is 1. The normalized spacial score (nSPS) is 28.4. The Morgan fingerprint density at radius 2 is 2.06 bits per heavy atom. The molecule has 4 heteroatoms. The first-order chi connectivity index (χ1) is 8.49. The summed E-state index contributed by atoms with van der Waals surface area (Å²) in [6.45, 7) is 3.95. The van der Waals surface area contributed by atoms with Crippen molar-refractivity contribution in [3.8, 4) is 5.75 Å². The molecule has 3 N–H and O–H groups in total. The Bertz CT molecular complexity index is 399. The van der Waals surface area contributed by atoms with Crippen LogP contribution >= 0.6 is 0 Å². The molecule has 2 rings (SSSR count). The smallest absolute Gasteiger partial charge is 0.138 e. The molecule has 4 nitrogen and oxygen atoms in total. The van der Waals surface area contributed by atoms with Crippen molar-refractivity contribution in [2.45, 2.75) is 57.3 Å². The van der Waals surface area contributed by atoms with E-state index in [0.29, 0.717) is 18.6 Å².